The summed E-state index contributed by atoms with van der Waals surface area (Å²) < 4.78 is 5.93. The standard InChI is InChI=1S/C26H36N2O3/c1-5-7-17-27-26(30)23(6-2)28(18-21-13-9-8-10-14-21)25(29)19-31-24-16-12-11-15-22(24)20(3)4/h8-16,20,23H,5-7,17-19H2,1-4H3,(H,27,30). The lowest BCUT2D eigenvalue weighted by Crippen LogP contribution is -2.50. The van der Waals surface area contributed by atoms with Gasteiger partial charge in [-0.1, -0.05) is 82.6 Å². The fraction of sp³-hybridized carbons (Fsp3) is 0.462. The van der Waals surface area contributed by atoms with Crippen molar-refractivity contribution in [3.8, 4) is 5.75 Å². The minimum absolute atomic E-state index is 0.102. The Morgan fingerprint density at radius 3 is 2.32 bits per heavy atom. The molecule has 5 nitrogen and oxygen atoms in total. The van der Waals surface area contributed by atoms with Gasteiger partial charge in [-0.3, -0.25) is 9.59 Å². The molecule has 0 spiro atoms. The van der Waals surface area contributed by atoms with Crippen LogP contribution in [0.4, 0.5) is 0 Å². The van der Waals surface area contributed by atoms with Crippen LogP contribution in [0.5, 0.6) is 5.75 Å². The van der Waals surface area contributed by atoms with Crippen molar-refractivity contribution in [1.82, 2.24) is 10.2 Å². The molecule has 2 aromatic rings. The molecule has 0 heterocycles. The SMILES string of the molecule is CCCCNC(=O)C(CC)N(Cc1ccccc1)C(=O)COc1ccccc1C(C)C. The molecule has 0 saturated heterocycles. The van der Waals surface area contributed by atoms with Crippen molar-refractivity contribution in [3.63, 3.8) is 0 Å². The Labute approximate surface area is 186 Å². The van der Waals surface area contributed by atoms with Gasteiger partial charge in [0.25, 0.3) is 5.91 Å². The van der Waals surface area contributed by atoms with E-state index in [0.29, 0.717) is 31.2 Å². The molecule has 0 radical (unpaired) electrons. The number of benzene rings is 2. The molecule has 0 aliphatic rings. The molecule has 2 amide bonds. The first kappa shape index (κ1) is 24.4. The molecule has 0 fully saturated rings. The van der Waals surface area contributed by atoms with Crippen molar-refractivity contribution >= 4 is 11.8 Å². The summed E-state index contributed by atoms with van der Waals surface area (Å²) in [5.74, 6) is 0.702. The first-order valence-corrected chi connectivity index (χ1v) is 11.3. The fourth-order valence-electron chi connectivity index (χ4n) is 3.52. The number of nitrogens with zero attached hydrogens (tertiary/aromatic N) is 1. The average Bonchev–Trinajstić information content (AvgIpc) is 2.78. The number of hydrogen-bond acceptors (Lipinski definition) is 3. The van der Waals surface area contributed by atoms with Crippen LogP contribution in [0.25, 0.3) is 0 Å². The van der Waals surface area contributed by atoms with E-state index in [-0.39, 0.29) is 18.4 Å². The van der Waals surface area contributed by atoms with Gasteiger partial charge in [-0.25, -0.2) is 0 Å². The summed E-state index contributed by atoms with van der Waals surface area (Å²) in [7, 11) is 0. The maximum absolute atomic E-state index is 13.3. The lowest BCUT2D eigenvalue weighted by atomic mass is 10.0. The maximum Gasteiger partial charge on any atom is 0.261 e. The van der Waals surface area contributed by atoms with E-state index in [2.05, 4.69) is 26.1 Å². The third-order valence-electron chi connectivity index (χ3n) is 5.30. The van der Waals surface area contributed by atoms with Gasteiger partial charge in [0.05, 0.1) is 0 Å². The largest absolute Gasteiger partial charge is 0.483 e. The first-order chi connectivity index (χ1) is 15.0. The predicted molar refractivity (Wildman–Crippen MR) is 125 cm³/mol. The van der Waals surface area contributed by atoms with E-state index in [1.807, 2.05) is 61.5 Å². The summed E-state index contributed by atoms with van der Waals surface area (Å²) in [4.78, 5) is 27.8. The molecule has 5 heteroatoms. The van der Waals surface area contributed by atoms with Crippen LogP contribution in [-0.4, -0.2) is 35.9 Å². The Morgan fingerprint density at radius 2 is 1.68 bits per heavy atom. The zero-order chi connectivity index (χ0) is 22.6. The number of rotatable bonds is 12. The average molecular weight is 425 g/mol. The van der Waals surface area contributed by atoms with Gasteiger partial charge < -0.3 is 15.0 Å². The van der Waals surface area contributed by atoms with Crippen LogP contribution in [0.2, 0.25) is 0 Å². The van der Waals surface area contributed by atoms with Gasteiger partial charge in [0, 0.05) is 13.1 Å². The van der Waals surface area contributed by atoms with Crippen LogP contribution in [0, 0.1) is 0 Å². The lowest BCUT2D eigenvalue weighted by molar-refractivity contribution is -0.143. The Morgan fingerprint density at radius 1 is 1.00 bits per heavy atom. The summed E-state index contributed by atoms with van der Waals surface area (Å²) in [6.45, 7) is 9.10. The molecule has 0 aliphatic heterocycles. The number of carbonyl (C=O) groups excluding carboxylic acids is 2. The molecule has 0 aliphatic carbocycles. The highest BCUT2D eigenvalue weighted by Gasteiger charge is 2.29. The van der Waals surface area contributed by atoms with Gasteiger partial charge in [0.2, 0.25) is 5.91 Å². The number of nitrogens with one attached hydrogen (secondary N) is 1. The predicted octanol–water partition coefficient (Wildman–Crippen LogP) is 4.91. The minimum Gasteiger partial charge on any atom is -0.483 e. The zero-order valence-electron chi connectivity index (χ0n) is 19.3. The highest BCUT2D eigenvalue weighted by Crippen LogP contribution is 2.26. The molecule has 168 valence electrons. The molecule has 2 rings (SSSR count). The topological polar surface area (TPSA) is 58.6 Å². The summed E-state index contributed by atoms with van der Waals surface area (Å²) in [6.07, 6.45) is 2.47. The molecule has 31 heavy (non-hydrogen) atoms. The van der Waals surface area contributed by atoms with Crippen LogP contribution in [0.1, 0.15) is 64.0 Å². The Kier molecular flexibility index (Phi) is 10.1. The van der Waals surface area contributed by atoms with E-state index in [9.17, 15) is 9.59 Å². The highest BCUT2D eigenvalue weighted by atomic mass is 16.5. The monoisotopic (exact) mass is 424 g/mol. The second-order valence-corrected chi connectivity index (χ2v) is 8.06. The van der Waals surface area contributed by atoms with Crippen LogP contribution < -0.4 is 10.1 Å². The van der Waals surface area contributed by atoms with Gasteiger partial charge >= 0.3 is 0 Å². The molecule has 0 aromatic heterocycles. The van der Waals surface area contributed by atoms with E-state index < -0.39 is 6.04 Å². The number of amides is 2. The quantitative estimate of drug-likeness (QED) is 0.493. The number of ether oxygens (including phenoxy) is 1. The fourth-order valence-corrected chi connectivity index (χ4v) is 3.52. The molecule has 0 bridgehead atoms. The Bertz CT molecular complexity index is 820. The van der Waals surface area contributed by atoms with Crippen molar-refractivity contribution in [2.45, 2.75) is 65.5 Å². The normalized spacial score (nSPS) is 11.8. The van der Waals surface area contributed by atoms with Crippen LogP contribution in [-0.2, 0) is 16.1 Å². The number of hydrogen-bond donors (Lipinski definition) is 1. The van der Waals surface area contributed by atoms with Crippen molar-refractivity contribution in [3.05, 3.63) is 65.7 Å². The third kappa shape index (κ3) is 7.42. The van der Waals surface area contributed by atoms with Crippen molar-refractivity contribution in [1.29, 1.82) is 0 Å². The summed E-state index contributed by atoms with van der Waals surface area (Å²) in [6, 6.07) is 17.0. The van der Waals surface area contributed by atoms with Gasteiger partial charge in [-0.15, -0.1) is 0 Å². The van der Waals surface area contributed by atoms with Gasteiger partial charge in [0.1, 0.15) is 11.8 Å². The van der Waals surface area contributed by atoms with E-state index in [0.717, 1.165) is 24.0 Å². The second kappa shape index (κ2) is 12.8. The van der Waals surface area contributed by atoms with Crippen LogP contribution in [0.3, 0.4) is 0 Å². The van der Waals surface area contributed by atoms with E-state index in [1.54, 1.807) is 4.90 Å². The third-order valence-corrected chi connectivity index (χ3v) is 5.30. The first-order valence-electron chi connectivity index (χ1n) is 11.3. The van der Waals surface area contributed by atoms with Gasteiger partial charge in [0.15, 0.2) is 6.61 Å². The van der Waals surface area contributed by atoms with Gasteiger partial charge in [-0.05, 0) is 36.0 Å². The second-order valence-electron chi connectivity index (χ2n) is 8.06. The summed E-state index contributed by atoms with van der Waals surface area (Å²) in [5, 5.41) is 2.98. The van der Waals surface area contributed by atoms with E-state index >= 15 is 0 Å². The van der Waals surface area contributed by atoms with Gasteiger partial charge in [-0.2, -0.15) is 0 Å². The molecule has 1 atom stereocenters. The zero-order valence-corrected chi connectivity index (χ0v) is 19.3. The number of unbranched alkanes of at least 4 members (excludes halogenated alkanes) is 1. The van der Waals surface area contributed by atoms with E-state index in [4.69, 9.17) is 4.74 Å². The molecule has 2 aromatic carbocycles. The molecular formula is C26H36N2O3. The smallest absolute Gasteiger partial charge is 0.261 e. The summed E-state index contributed by atoms with van der Waals surface area (Å²) in [5.41, 5.74) is 2.05. The van der Waals surface area contributed by atoms with E-state index in [1.165, 1.54) is 0 Å². The Hall–Kier alpha value is -2.82. The number of para-hydroxylation sites is 1. The molecule has 1 N–H and O–H groups in total. The molecular weight excluding hydrogens is 388 g/mol. The number of carbonyl (C=O) groups is 2. The molecule has 0 saturated carbocycles. The highest BCUT2D eigenvalue weighted by molar-refractivity contribution is 5.88. The van der Waals surface area contributed by atoms with Crippen molar-refractivity contribution in [2.75, 3.05) is 13.2 Å². The van der Waals surface area contributed by atoms with Crippen LogP contribution >= 0.6 is 0 Å². The minimum atomic E-state index is -0.534. The lowest BCUT2D eigenvalue weighted by Gasteiger charge is -2.30. The Balaban J connectivity index is 2.18. The van der Waals surface area contributed by atoms with Crippen molar-refractivity contribution < 1.29 is 14.3 Å². The van der Waals surface area contributed by atoms with Crippen molar-refractivity contribution in [2.24, 2.45) is 0 Å². The summed E-state index contributed by atoms with van der Waals surface area (Å²) >= 11 is 0. The molecule has 1 unspecified atom stereocenters. The van der Waals surface area contributed by atoms with Crippen LogP contribution in [0.15, 0.2) is 54.6 Å². The maximum atomic E-state index is 13.3.